The molecule has 0 unspecified atom stereocenters. The van der Waals surface area contributed by atoms with Gasteiger partial charge in [-0.25, -0.2) is 0 Å². The molecule has 0 aromatic rings. The van der Waals surface area contributed by atoms with Crippen molar-refractivity contribution in [1.29, 1.82) is 0 Å². The SMILES string of the molecule is COCCCC(=O)CC12CC3CC(CC(C3)C1)C2. The minimum atomic E-state index is 0.429. The molecule has 0 heterocycles. The van der Waals surface area contributed by atoms with Crippen LogP contribution >= 0.6 is 0 Å². The van der Waals surface area contributed by atoms with Gasteiger partial charge in [-0.05, 0) is 68.1 Å². The number of hydrogen-bond donors (Lipinski definition) is 0. The minimum Gasteiger partial charge on any atom is -0.385 e. The Morgan fingerprint density at radius 1 is 1.11 bits per heavy atom. The third-order valence-electron chi connectivity index (χ3n) is 5.54. The van der Waals surface area contributed by atoms with Crippen LogP contribution in [0.3, 0.4) is 0 Å². The minimum absolute atomic E-state index is 0.429. The lowest BCUT2D eigenvalue weighted by molar-refractivity contribution is -0.127. The molecule has 0 N–H and O–H groups in total. The number of ketones is 1. The Hall–Kier alpha value is -0.370. The lowest BCUT2D eigenvalue weighted by Crippen LogP contribution is -2.46. The van der Waals surface area contributed by atoms with E-state index in [9.17, 15) is 4.79 Å². The molecule has 0 amide bonds. The normalized spacial score (nSPS) is 41.3. The molecule has 0 saturated heterocycles. The molecule has 4 rings (SSSR count). The largest absolute Gasteiger partial charge is 0.385 e. The third-order valence-corrected chi connectivity index (χ3v) is 5.54. The van der Waals surface area contributed by atoms with Gasteiger partial charge in [0.05, 0.1) is 0 Å². The first-order valence-electron chi connectivity index (χ1n) is 7.70. The molecule has 2 nitrogen and oxygen atoms in total. The molecule has 0 atom stereocenters. The van der Waals surface area contributed by atoms with Crippen molar-refractivity contribution < 1.29 is 9.53 Å². The molecular formula is C16H26O2. The number of ether oxygens (including phenoxy) is 1. The van der Waals surface area contributed by atoms with Crippen LogP contribution in [-0.2, 0) is 9.53 Å². The van der Waals surface area contributed by atoms with Gasteiger partial charge in [0.15, 0.2) is 0 Å². The Morgan fingerprint density at radius 2 is 1.67 bits per heavy atom. The van der Waals surface area contributed by atoms with Gasteiger partial charge in [0.1, 0.15) is 5.78 Å². The molecule has 4 fully saturated rings. The summed E-state index contributed by atoms with van der Waals surface area (Å²) < 4.78 is 5.03. The van der Waals surface area contributed by atoms with Gasteiger partial charge in [0, 0.05) is 26.6 Å². The molecule has 0 aromatic heterocycles. The average molecular weight is 250 g/mol. The number of Topliss-reactive ketones (excluding diaryl/α,β-unsaturated/α-hetero) is 1. The molecule has 4 aliphatic rings. The Bertz CT molecular complexity index is 286. The Kier molecular flexibility index (Phi) is 3.48. The summed E-state index contributed by atoms with van der Waals surface area (Å²) in [6.45, 7) is 0.729. The molecule has 2 heteroatoms. The van der Waals surface area contributed by atoms with E-state index in [0.29, 0.717) is 11.2 Å². The van der Waals surface area contributed by atoms with E-state index >= 15 is 0 Å². The first-order chi connectivity index (χ1) is 8.69. The zero-order valence-corrected chi connectivity index (χ0v) is 11.6. The maximum absolute atomic E-state index is 12.1. The second-order valence-corrected chi connectivity index (χ2v) is 7.23. The molecule has 4 aliphatic carbocycles. The zero-order chi connectivity index (χ0) is 12.6. The van der Waals surface area contributed by atoms with Crippen LogP contribution in [0.25, 0.3) is 0 Å². The van der Waals surface area contributed by atoms with Crippen LogP contribution in [-0.4, -0.2) is 19.5 Å². The van der Waals surface area contributed by atoms with E-state index in [1.807, 2.05) is 0 Å². The molecule has 4 bridgehead atoms. The molecular weight excluding hydrogens is 224 g/mol. The van der Waals surface area contributed by atoms with Crippen LogP contribution in [0.15, 0.2) is 0 Å². The highest BCUT2D eigenvalue weighted by atomic mass is 16.5. The zero-order valence-electron chi connectivity index (χ0n) is 11.6. The van der Waals surface area contributed by atoms with Gasteiger partial charge in [0.25, 0.3) is 0 Å². The smallest absolute Gasteiger partial charge is 0.133 e. The highest BCUT2D eigenvalue weighted by molar-refractivity contribution is 5.79. The van der Waals surface area contributed by atoms with Crippen molar-refractivity contribution in [2.45, 2.75) is 57.8 Å². The monoisotopic (exact) mass is 250 g/mol. The van der Waals surface area contributed by atoms with Gasteiger partial charge in [-0.15, -0.1) is 0 Å². The van der Waals surface area contributed by atoms with Crippen LogP contribution in [0.5, 0.6) is 0 Å². The summed E-state index contributed by atoms with van der Waals surface area (Å²) >= 11 is 0. The lowest BCUT2D eigenvalue weighted by atomic mass is 9.48. The topological polar surface area (TPSA) is 26.3 Å². The Balaban J connectivity index is 1.57. The van der Waals surface area contributed by atoms with Gasteiger partial charge in [-0.1, -0.05) is 0 Å². The van der Waals surface area contributed by atoms with Crippen molar-refractivity contribution in [3.63, 3.8) is 0 Å². The number of hydrogen-bond acceptors (Lipinski definition) is 2. The summed E-state index contributed by atoms with van der Waals surface area (Å²) in [4.78, 5) is 12.1. The Labute approximate surface area is 110 Å². The van der Waals surface area contributed by atoms with E-state index in [1.165, 1.54) is 38.5 Å². The van der Waals surface area contributed by atoms with Crippen molar-refractivity contribution in [2.24, 2.45) is 23.2 Å². The maximum atomic E-state index is 12.1. The number of carbonyl (C=O) groups is 1. The summed E-state index contributed by atoms with van der Waals surface area (Å²) in [6.07, 6.45) is 11.0. The van der Waals surface area contributed by atoms with E-state index < -0.39 is 0 Å². The van der Waals surface area contributed by atoms with Crippen LogP contribution in [0.4, 0.5) is 0 Å². The summed E-state index contributed by atoms with van der Waals surface area (Å²) in [6, 6.07) is 0. The predicted molar refractivity (Wildman–Crippen MR) is 71.3 cm³/mol. The Morgan fingerprint density at radius 3 is 2.17 bits per heavy atom. The molecule has 0 spiro atoms. The van der Waals surface area contributed by atoms with Gasteiger partial charge in [0.2, 0.25) is 0 Å². The van der Waals surface area contributed by atoms with Gasteiger partial charge < -0.3 is 4.74 Å². The van der Waals surface area contributed by atoms with Crippen molar-refractivity contribution in [3.05, 3.63) is 0 Å². The van der Waals surface area contributed by atoms with E-state index in [-0.39, 0.29) is 0 Å². The molecule has 0 aromatic carbocycles. The average Bonchev–Trinajstić information content (AvgIpc) is 2.26. The predicted octanol–water partition coefficient (Wildman–Crippen LogP) is 3.59. The molecule has 18 heavy (non-hydrogen) atoms. The van der Waals surface area contributed by atoms with Gasteiger partial charge in [-0.3, -0.25) is 4.79 Å². The molecule has 4 saturated carbocycles. The summed E-state index contributed by atoms with van der Waals surface area (Å²) in [5, 5.41) is 0. The van der Waals surface area contributed by atoms with Crippen molar-refractivity contribution in [1.82, 2.24) is 0 Å². The summed E-state index contributed by atoms with van der Waals surface area (Å²) in [7, 11) is 1.71. The number of carbonyl (C=O) groups excluding carboxylic acids is 1. The fraction of sp³-hybridized carbons (Fsp3) is 0.938. The van der Waals surface area contributed by atoms with Crippen LogP contribution in [0.1, 0.15) is 57.8 Å². The van der Waals surface area contributed by atoms with E-state index in [1.54, 1.807) is 7.11 Å². The first kappa shape index (κ1) is 12.7. The fourth-order valence-corrected chi connectivity index (χ4v) is 5.43. The van der Waals surface area contributed by atoms with E-state index in [0.717, 1.165) is 43.6 Å². The maximum Gasteiger partial charge on any atom is 0.133 e. The summed E-state index contributed by atoms with van der Waals surface area (Å²) in [5.41, 5.74) is 0.429. The van der Waals surface area contributed by atoms with E-state index in [4.69, 9.17) is 4.74 Å². The fourth-order valence-electron chi connectivity index (χ4n) is 5.43. The van der Waals surface area contributed by atoms with Crippen LogP contribution < -0.4 is 0 Å². The third kappa shape index (κ3) is 2.49. The van der Waals surface area contributed by atoms with Crippen LogP contribution in [0.2, 0.25) is 0 Å². The van der Waals surface area contributed by atoms with Crippen molar-refractivity contribution in [3.8, 4) is 0 Å². The van der Waals surface area contributed by atoms with Crippen molar-refractivity contribution in [2.75, 3.05) is 13.7 Å². The molecule has 0 radical (unpaired) electrons. The van der Waals surface area contributed by atoms with Crippen molar-refractivity contribution >= 4 is 5.78 Å². The second kappa shape index (κ2) is 4.96. The standard InChI is InChI=1S/C16H26O2/c1-18-4-2-3-15(17)11-16-8-12-5-13(9-16)7-14(6-12)10-16/h12-14H,2-11H2,1H3. The lowest BCUT2D eigenvalue weighted by Gasteiger charge is -2.56. The molecule has 102 valence electrons. The van der Waals surface area contributed by atoms with E-state index in [2.05, 4.69) is 0 Å². The quantitative estimate of drug-likeness (QED) is 0.673. The highest BCUT2D eigenvalue weighted by Gasteiger charge is 2.51. The van der Waals surface area contributed by atoms with Crippen LogP contribution in [0, 0.1) is 23.2 Å². The molecule has 0 aliphatic heterocycles. The van der Waals surface area contributed by atoms with Gasteiger partial charge in [-0.2, -0.15) is 0 Å². The second-order valence-electron chi connectivity index (χ2n) is 7.23. The number of rotatable bonds is 6. The number of methoxy groups -OCH3 is 1. The summed E-state index contributed by atoms with van der Waals surface area (Å²) in [5.74, 6) is 3.38. The van der Waals surface area contributed by atoms with Gasteiger partial charge >= 0.3 is 0 Å². The first-order valence-corrected chi connectivity index (χ1v) is 7.70. The highest BCUT2D eigenvalue weighted by Crippen LogP contribution is 2.61.